The van der Waals surface area contributed by atoms with Crippen LogP contribution in [0.1, 0.15) is 52.6 Å². The van der Waals surface area contributed by atoms with Gasteiger partial charge >= 0.3 is 0 Å². The third-order valence-electron chi connectivity index (χ3n) is 4.25. The van der Waals surface area contributed by atoms with Crippen LogP contribution in [0.4, 0.5) is 0 Å². The molecule has 0 saturated heterocycles. The Hall–Kier alpha value is -1.06. The third-order valence-corrected chi connectivity index (χ3v) is 4.25. The summed E-state index contributed by atoms with van der Waals surface area (Å²) in [5, 5.41) is 16.9. The van der Waals surface area contributed by atoms with Crippen molar-refractivity contribution in [3.8, 4) is 5.75 Å². The predicted molar refractivity (Wildman–Crippen MR) is 125 cm³/mol. The Bertz CT molecular complexity index is 623. The fourth-order valence-electron chi connectivity index (χ4n) is 3.11. The standard InChI is InChI=1S/C21H35N3O3.HI/c1-6-22-20(23-12-16(25)14-26-13-15(2)3)24-18-11-21(4,5)27-19-10-8-7-9-17(18)19;/h7-10,15-16,18,25H,6,11-14H2,1-5H3,(H2,22,23,24);1H. The summed E-state index contributed by atoms with van der Waals surface area (Å²) in [5.74, 6) is 2.05. The molecule has 1 aromatic rings. The van der Waals surface area contributed by atoms with Gasteiger partial charge in [0.2, 0.25) is 0 Å². The smallest absolute Gasteiger partial charge is 0.191 e. The van der Waals surface area contributed by atoms with Gasteiger partial charge in [-0.15, -0.1) is 24.0 Å². The van der Waals surface area contributed by atoms with Crippen LogP contribution < -0.4 is 15.4 Å². The molecule has 1 heterocycles. The number of para-hydroxylation sites is 1. The third kappa shape index (κ3) is 8.13. The van der Waals surface area contributed by atoms with E-state index in [1.807, 2.05) is 25.1 Å². The number of benzene rings is 1. The van der Waals surface area contributed by atoms with Gasteiger partial charge in [0.1, 0.15) is 11.4 Å². The number of nitrogens with zero attached hydrogens (tertiary/aromatic N) is 1. The minimum Gasteiger partial charge on any atom is -0.487 e. The van der Waals surface area contributed by atoms with Crippen LogP contribution in [0.15, 0.2) is 29.3 Å². The molecular formula is C21H36IN3O3. The van der Waals surface area contributed by atoms with Gasteiger partial charge in [0.25, 0.3) is 0 Å². The van der Waals surface area contributed by atoms with Crippen molar-refractivity contribution in [2.45, 2.75) is 58.8 Å². The van der Waals surface area contributed by atoms with Gasteiger partial charge in [-0.05, 0) is 32.8 Å². The lowest BCUT2D eigenvalue weighted by atomic mass is 9.90. The minimum absolute atomic E-state index is 0. The van der Waals surface area contributed by atoms with E-state index in [2.05, 4.69) is 49.4 Å². The molecule has 2 unspecified atom stereocenters. The molecule has 7 heteroatoms. The average Bonchev–Trinajstić information content (AvgIpc) is 2.58. The summed E-state index contributed by atoms with van der Waals surface area (Å²) in [5.41, 5.74) is 0.872. The summed E-state index contributed by atoms with van der Waals surface area (Å²) in [6.07, 6.45) is 0.215. The second kappa shape index (κ2) is 11.8. The van der Waals surface area contributed by atoms with Crippen molar-refractivity contribution >= 4 is 29.9 Å². The Morgan fingerprint density at radius 1 is 1.32 bits per heavy atom. The quantitative estimate of drug-likeness (QED) is 0.287. The molecule has 0 bridgehead atoms. The lowest BCUT2D eigenvalue weighted by Gasteiger charge is -2.38. The van der Waals surface area contributed by atoms with E-state index in [9.17, 15) is 5.11 Å². The lowest BCUT2D eigenvalue weighted by molar-refractivity contribution is 0.0301. The van der Waals surface area contributed by atoms with E-state index < -0.39 is 6.10 Å². The summed E-state index contributed by atoms with van der Waals surface area (Å²) in [6, 6.07) is 8.20. The molecule has 0 spiro atoms. The summed E-state index contributed by atoms with van der Waals surface area (Å²) in [4.78, 5) is 4.55. The average molecular weight is 505 g/mol. The first-order chi connectivity index (χ1) is 12.8. The van der Waals surface area contributed by atoms with Crippen LogP contribution in [-0.2, 0) is 4.74 Å². The number of aliphatic imine (C=N–C) groups is 1. The zero-order valence-electron chi connectivity index (χ0n) is 17.7. The first-order valence-corrected chi connectivity index (χ1v) is 9.89. The Balaban J connectivity index is 0.00000392. The van der Waals surface area contributed by atoms with Crippen LogP contribution in [0.5, 0.6) is 5.75 Å². The molecule has 1 aliphatic heterocycles. The van der Waals surface area contributed by atoms with E-state index in [1.54, 1.807) is 0 Å². The van der Waals surface area contributed by atoms with E-state index in [0.717, 1.165) is 24.3 Å². The van der Waals surface area contributed by atoms with Crippen molar-refractivity contribution in [1.82, 2.24) is 10.6 Å². The van der Waals surface area contributed by atoms with Gasteiger partial charge < -0.3 is 25.2 Å². The monoisotopic (exact) mass is 505 g/mol. The number of aliphatic hydroxyl groups is 1. The van der Waals surface area contributed by atoms with E-state index in [-0.39, 0.29) is 35.6 Å². The van der Waals surface area contributed by atoms with Crippen molar-refractivity contribution in [2.24, 2.45) is 10.9 Å². The number of fused-ring (bicyclic) bond motifs is 1. The second-order valence-electron chi connectivity index (χ2n) is 8.11. The summed E-state index contributed by atoms with van der Waals surface area (Å²) in [7, 11) is 0. The maximum atomic E-state index is 10.1. The van der Waals surface area contributed by atoms with Gasteiger partial charge in [0, 0.05) is 25.1 Å². The summed E-state index contributed by atoms with van der Waals surface area (Å²) < 4.78 is 11.6. The molecule has 160 valence electrons. The number of aliphatic hydroxyl groups excluding tert-OH is 1. The zero-order valence-corrected chi connectivity index (χ0v) is 20.0. The molecule has 0 fully saturated rings. The minimum atomic E-state index is -0.613. The normalized spacial score (nSPS) is 19.2. The van der Waals surface area contributed by atoms with Crippen molar-refractivity contribution in [1.29, 1.82) is 0 Å². The van der Waals surface area contributed by atoms with Crippen LogP contribution in [0, 0.1) is 5.92 Å². The molecule has 0 saturated carbocycles. The van der Waals surface area contributed by atoms with Crippen molar-refractivity contribution in [3.05, 3.63) is 29.8 Å². The largest absolute Gasteiger partial charge is 0.487 e. The van der Waals surface area contributed by atoms with E-state index in [1.165, 1.54) is 0 Å². The Labute approximate surface area is 186 Å². The van der Waals surface area contributed by atoms with E-state index in [0.29, 0.717) is 31.6 Å². The molecule has 0 aromatic heterocycles. The molecule has 1 aromatic carbocycles. The fourth-order valence-corrected chi connectivity index (χ4v) is 3.11. The number of rotatable bonds is 8. The maximum Gasteiger partial charge on any atom is 0.191 e. The molecule has 0 amide bonds. The highest BCUT2D eigenvalue weighted by Gasteiger charge is 2.33. The highest BCUT2D eigenvalue weighted by Crippen LogP contribution is 2.39. The molecule has 3 N–H and O–H groups in total. The van der Waals surface area contributed by atoms with Crippen LogP contribution in [0.25, 0.3) is 0 Å². The summed E-state index contributed by atoms with van der Waals surface area (Å²) in [6.45, 7) is 12.4. The van der Waals surface area contributed by atoms with E-state index >= 15 is 0 Å². The highest BCUT2D eigenvalue weighted by atomic mass is 127. The van der Waals surface area contributed by atoms with Gasteiger partial charge in [-0.3, -0.25) is 4.99 Å². The van der Waals surface area contributed by atoms with Gasteiger partial charge in [0.15, 0.2) is 5.96 Å². The summed E-state index contributed by atoms with van der Waals surface area (Å²) >= 11 is 0. The maximum absolute atomic E-state index is 10.1. The van der Waals surface area contributed by atoms with Gasteiger partial charge in [0.05, 0.1) is 25.3 Å². The van der Waals surface area contributed by atoms with Crippen molar-refractivity contribution in [2.75, 3.05) is 26.3 Å². The van der Waals surface area contributed by atoms with Crippen LogP contribution in [0.3, 0.4) is 0 Å². The Morgan fingerprint density at radius 3 is 2.71 bits per heavy atom. The van der Waals surface area contributed by atoms with Crippen LogP contribution in [-0.4, -0.2) is 49.1 Å². The zero-order chi connectivity index (χ0) is 19.9. The van der Waals surface area contributed by atoms with Gasteiger partial charge in [-0.1, -0.05) is 32.0 Å². The number of guanidine groups is 1. The van der Waals surface area contributed by atoms with Crippen LogP contribution >= 0.6 is 24.0 Å². The fraction of sp³-hybridized carbons (Fsp3) is 0.667. The second-order valence-corrected chi connectivity index (χ2v) is 8.11. The first-order valence-electron chi connectivity index (χ1n) is 9.89. The van der Waals surface area contributed by atoms with Crippen molar-refractivity contribution < 1.29 is 14.6 Å². The van der Waals surface area contributed by atoms with E-state index in [4.69, 9.17) is 9.47 Å². The molecular weight excluding hydrogens is 469 g/mol. The molecule has 1 aliphatic rings. The topological polar surface area (TPSA) is 75.1 Å². The van der Waals surface area contributed by atoms with Gasteiger partial charge in [-0.25, -0.2) is 0 Å². The Morgan fingerprint density at radius 2 is 2.04 bits per heavy atom. The molecule has 6 nitrogen and oxygen atoms in total. The Kier molecular flexibility index (Phi) is 10.5. The number of nitrogens with one attached hydrogen (secondary N) is 2. The SMILES string of the molecule is CCNC(=NCC(O)COCC(C)C)NC1CC(C)(C)Oc2ccccc21.I. The van der Waals surface area contributed by atoms with Gasteiger partial charge in [-0.2, -0.15) is 0 Å². The predicted octanol–water partition coefficient (Wildman–Crippen LogP) is 3.50. The molecule has 0 aliphatic carbocycles. The van der Waals surface area contributed by atoms with Crippen LogP contribution in [0.2, 0.25) is 0 Å². The lowest BCUT2D eigenvalue weighted by Crippen LogP contribution is -2.45. The number of halogens is 1. The molecule has 2 rings (SSSR count). The van der Waals surface area contributed by atoms with Crippen molar-refractivity contribution in [3.63, 3.8) is 0 Å². The first kappa shape index (κ1) is 25.0. The molecule has 0 radical (unpaired) electrons. The number of ether oxygens (including phenoxy) is 2. The highest BCUT2D eigenvalue weighted by molar-refractivity contribution is 14.0. The number of hydrogen-bond acceptors (Lipinski definition) is 4. The molecule has 28 heavy (non-hydrogen) atoms. The number of hydrogen-bond donors (Lipinski definition) is 3. The molecule has 2 atom stereocenters.